The van der Waals surface area contributed by atoms with Gasteiger partial charge >= 0.3 is 0 Å². The SMILES string of the molecule is Cn1cncc1CN1CCC(CCC(=O)Nc2ccccc2)CC1. The van der Waals surface area contributed by atoms with Gasteiger partial charge in [-0.3, -0.25) is 9.69 Å². The normalized spacial score (nSPS) is 16.2. The van der Waals surface area contributed by atoms with Crippen LogP contribution in [0.3, 0.4) is 0 Å². The molecule has 1 aliphatic rings. The maximum atomic E-state index is 12.0. The van der Waals surface area contributed by atoms with Gasteiger partial charge in [-0.05, 0) is 50.4 Å². The van der Waals surface area contributed by atoms with Crippen molar-refractivity contribution in [2.24, 2.45) is 13.0 Å². The molecule has 1 N–H and O–H groups in total. The summed E-state index contributed by atoms with van der Waals surface area (Å²) in [6.45, 7) is 3.18. The summed E-state index contributed by atoms with van der Waals surface area (Å²) in [4.78, 5) is 18.7. The summed E-state index contributed by atoms with van der Waals surface area (Å²) in [6.07, 6.45) is 7.75. The number of amides is 1. The highest BCUT2D eigenvalue weighted by molar-refractivity contribution is 5.90. The average Bonchev–Trinajstić information content (AvgIpc) is 3.00. The minimum Gasteiger partial charge on any atom is -0.337 e. The number of piperidine rings is 1. The zero-order valence-corrected chi connectivity index (χ0v) is 14.3. The summed E-state index contributed by atoms with van der Waals surface area (Å²) in [6, 6.07) is 9.68. The number of carbonyl (C=O) groups excluding carboxylic acids is 1. The van der Waals surface area contributed by atoms with E-state index in [-0.39, 0.29) is 5.91 Å². The van der Waals surface area contributed by atoms with Gasteiger partial charge in [-0.15, -0.1) is 0 Å². The highest BCUT2D eigenvalue weighted by atomic mass is 16.1. The molecule has 24 heavy (non-hydrogen) atoms. The first-order chi connectivity index (χ1) is 11.7. The third-order valence-electron chi connectivity index (χ3n) is 4.85. The van der Waals surface area contributed by atoms with Gasteiger partial charge in [0.25, 0.3) is 0 Å². The number of likely N-dealkylation sites (tertiary alicyclic amines) is 1. The van der Waals surface area contributed by atoms with E-state index in [0.29, 0.717) is 12.3 Å². The fourth-order valence-electron chi connectivity index (χ4n) is 3.28. The number of anilines is 1. The minimum absolute atomic E-state index is 0.124. The third-order valence-corrected chi connectivity index (χ3v) is 4.85. The zero-order chi connectivity index (χ0) is 16.8. The largest absolute Gasteiger partial charge is 0.337 e. The van der Waals surface area contributed by atoms with Gasteiger partial charge in [-0.25, -0.2) is 4.98 Å². The molecule has 1 aromatic heterocycles. The van der Waals surface area contributed by atoms with Gasteiger partial charge in [-0.2, -0.15) is 0 Å². The first-order valence-corrected chi connectivity index (χ1v) is 8.73. The van der Waals surface area contributed by atoms with Crippen LogP contribution in [-0.2, 0) is 18.4 Å². The molecule has 0 atom stereocenters. The topological polar surface area (TPSA) is 50.2 Å². The van der Waals surface area contributed by atoms with E-state index in [1.807, 2.05) is 49.9 Å². The molecule has 1 aromatic carbocycles. The van der Waals surface area contributed by atoms with Gasteiger partial charge < -0.3 is 9.88 Å². The monoisotopic (exact) mass is 326 g/mol. The lowest BCUT2D eigenvalue weighted by molar-refractivity contribution is -0.116. The van der Waals surface area contributed by atoms with Crippen LogP contribution in [0.25, 0.3) is 0 Å². The number of hydrogen-bond donors (Lipinski definition) is 1. The Morgan fingerprint density at radius 1 is 1.25 bits per heavy atom. The summed E-state index contributed by atoms with van der Waals surface area (Å²) >= 11 is 0. The van der Waals surface area contributed by atoms with E-state index in [9.17, 15) is 4.79 Å². The van der Waals surface area contributed by atoms with Crippen molar-refractivity contribution in [3.05, 3.63) is 48.5 Å². The van der Waals surface area contributed by atoms with E-state index in [1.165, 1.54) is 18.5 Å². The number of benzene rings is 1. The fourth-order valence-corrected chi connectivity index (χ4v) is 3.28. The van der Waals surface area contributed by atoms with Crippen LogP contribution in [0.2, 0.25) is 0 Å². The quantitative estimate of drug-likeness (QED) is 0.887. The van der Waals surface area contributed by atoms with Crippen LogP contribution in [0, 0.1) is 5.92 Å². The molecule has 5 nitrogen and oxygen atoms in total. The number of nitrogens with one attached hydrogen (secondary N) is 1. The van der Waals surface area contributed by atoms with Crippen molar-refractivity contribution < 1.29 is 4.79 Å². The molecule has 1 fully saturated rings. The summed E-state index contributed by atoms with van der Waals surface area (Å²) in [5.74, 6) is 0.785. The van der Waals surface area contributed by atoms with Gasteiger partial charge in [0.2, 0.25) is 5.91 Å². The molecule has 2 heterocycles. The van der Waals surface area contributed by atoms with Crippen molar-refractivity contribution in [3.8, 4) is 0 Å². The Bertz CT molecular complexity index is 644. The van der Waals surface area contributed by atoms with E-state index in [4.69, 9.17) is 0 Å². The van der Waals surface area contributed by atoms with Crippen molar-refractivity contribution in [1.29, 1.82) is 0 Å². The minimum atomic E-state index is 0.124. The van der Waals surface area contributed by atoms with Gasteiger partial charge in [0, 0.05) is 31.9 Å². The van der Waals surface area contributed by atoms with Crippen molar-refractivity contribution in [3.63, 3.8) is 0 Å². The predicted molar refractivity (Wildman–Crippen MR) is 95.5 cm³/mol. The zero-order valence-electron chi connectivity index (χ0n) is 14.3. The molecule has 1 aliphatic heterocycles. The summed E-state index contributed by atoms with van der Waals surface area (Å²) in [7, 11) is 2.04. The number of aryl methyl sites for hydroxylation is 1. The van der Waals surface area contributed by atoms with Crippen LogP contribution in [-0.4, -0.2) is 33.4 Å². The molecule has 2 aromatic rings. The lowest BCUT2D eigenvalue weighted by Gasteiger charge is -2.31. The lowest BCUT2D eigenvalue weighted by atomic mass is 9.92. The predicted octanol–water partition coefficient (Wildman–Crippen LogP) is 3.05. The molecule has 0 unspecified atom stereocenters. The Kier molecular flexibility index (Phi) is 5.64. The summed E-state index contributed by atoms with van der Waals surface area (Å²) in [5.41, 5.74) is 2.14. The van der Waals surface area contributed by atoms with Gasteiger partial charge in [-0.1, -0.05) is 18.2 Å². The summed E-state index contributed by atoms with van der Waals surface area (Å²) < 4.78 is 2.08. The third kappa shape index (κ3) is 4.68. The first-order valence-electron chi connectivity index (χ1n) is 8.73. The maximum Gasteiger partial charge on any atom is 0.224 e. The number of rotatable bonds is 6. The van der Waals surface area contributed by atoms with E-state index < -0.39 is 0 Å². The second-order valence-corrected chi connectivity index (χ2v) is 6.67. The summed E-state index contributed by atoms with van der Waals surface area (Å²) in [5, 5.41) is 2.97. The molecular weight excluding hydrogens is 300 g/mol. The van der Waals surface area contributed by atoms with E-state index in [2.05, 4.69) is 19.8 Å². The Balaban J connectivity index is 1.36. The van der Waals surface area contributed by atoms with Crippen molar-refractivity contribution >= 4 is 11.6 Å². The van der Waals surface area contributed by atoms with Crippen molar-refractivity contribution in [2.45, 2.75) is 32.2 Å². The number of hydrogen-bond acceptors (Lipinski definition) is 3. The lowest BCUT2D eigenvalue weighted by Crippen LogP contribution is -2.34. The number of aromatic nitrogens is 2. The van der Waals surface area contributed by atoms with Crippen LogP contribution < -0.4 is 5.32 Å². The van der Waals surface area contributed by atoms with Crippen LogP contribution in [0.4, 0.5) is 5.69 Å². The van der Waals surface area contributed by atoms with E-state index in [0.717, 1.165) is 31.7 Å². The van der Waals surface area contributed by atoms with Gasteiger partial charge in [0.1, 0.15) is 0 Å². The van der Waals surface area contributed by atoms with E-state index in [1.54, 1.807) is 0 Å². The maximum absolute atomic E-state index is 12.0. The highest BCUT2D eigenvalue weighted by Gasteiger charge is 2.20. The molecule has 0 saturated carbocycles. The second-order valence-electron chi connectivity index (χ2n) is 6.67. The molecule has 0 spiro atoms. The average molecular weight is 326 g/mol. The molecule has 0 radical (unpaired) electrons. The Labute approximate surface area is 143 Å². The number of nitrogens with zero attached hydrogens (tertiary/aromatic N) is 3. The van der Waals surface area contributed by atoms with Crippen molar-refractivity contribution in [1.82, 2.24) is 14.5 Å². The molecule has 0 bridgehead atoms. The molecule has 1 amide bonds. The first kappa shape index (κ1) is 16.7. The smallest absolute Gasteiger partial charge is 0.224 e. The molecule has 1 saturated heterocycles. The van der Waals surface area contributed by atoms with Crippen LogP contribution >= 0.6 is 0 Å². The van der Waals surface area contributed by atoms with Gasteiger partial charge in [0.05, 0.1) is 12.0 Å². The molecule has 0 aliphatic carbocycles. The van der Waals surface area contributed by atoms with Crippen LogP contribution in [0.15, 0.2) is 42.9 Å². The Hall–Kier alpha value is -2.14. The second kappa shape index (κ2) is 8.11. The van der Waals surface area contributed by atoms with Crippen molar-refractivity contribution in [2.75, 3.05) is 18.4 Å². The van der Waals surface area contributed by atoms with Crippen LogP contribution in [0.1, 0.15) is 31.4 Å². The highest BCUT2D eigenvalue weighted by Crippen LogP contribution is 2.23. The molecule has 5 heteroatoms. The fraction of sp³-hybridized carbons (Fsp3) is 0.474. The number of imidazole rings is 1. The number of carbonyl (C=O) groups is 1. The standard InChI is InChI=1S/C19H26N4O/c1-22-15-20-13-18(22)14-23-11-9-16(10-12-23)7-8-19(24)21-17-5-3-2-4-6-17/h2-6,13,15-16H,7-12,14H2,1H3,(H,21,24). The van der Waals surface area contributed by atoms with Gasteiger partial charge in [0.15, 0.2) is 0 Å². The molecule has 3 rings (SSSR count). The molecular formula is C19H26N4O. The Morgan fingerprint density at radius 3 is 2.67 bits per heavy atom. The van der Waals surface area contributed by atoms with E-state index >= 15 is 0 Å². The Morgan fingerprint density at radius 2 is 2.00 bits per heavy atom. The molecule has 128 valence electrons. The number of para-hydroxylation sites is 1. The van der Waals surface area contributed by atoms with Crippen LogP contribution in [0.5, 0.6) is 0 Å².